The molecule has 2 heterocycles. The summed E-state index contributed by atoms with van der Waals surface area (Å²) in [5.74, 6) is 0.958. The molecule has 0 saturated heterocycles. The lowest BCUT2D eigenvalue weighted by Gasteiger charge is -2.26. The normalized spacial score (nSPS) is 13.7. The van der Waals surface area contributed by atoms with Gasteiger partial charge in [-0.25, -0.2) is 0 Å². The zero-order valence-electron chi connectivity index (χ0n) is 12.1. The number of aryl methyl sites for hydroxylation is 1. The molecule has 3 rings (SSSR count). The molecule has 3 N–H and O–H groups in total. The van der Waals surface area contributed by atoms with Crippen LogP contribution in [0.15, 0.2) is 34.9 Å². The van der Waals surface area contributed by atoms with Crippen LogP contribution < -0.4 is 16.0 Å². The number of carbonyl (C=O) groups excluding carboxylic acids is 1. The maximum Gasteiger partial charge on any atom is 0.224 e. The molecule has 1 aliphatic rings. The Morgan fingerprint density at radius 2 is 2.24 bits per heavy atom. The third kappa shape index (κ3) is 2.72. The van der Waals surface area contributed by atoms with Crippen molar-refractivity contribution in [3.05, 3.63) is 41.9 Å². The molecule has 0 saturated carbocycles. The SMILES string of the molecule is CCN(Cc1ccco1)c1cc2c(cc1N)NC(=O)CC2. The van der Waals surface area contributed by atoms with Gasteiger partial charge in [0.1, 0.15) is 5.76 Å². The number of carbonyl (C=O) groups is 1. The van der Waals surface area contributed by atoms with Gasteiger partial charge in [-0.05, 0) is 43.2 Å². The molecule has 1 aliphatic heterocycles. The Balaban J connectivity index is 1.91. The zero-order chi connectivity index (χ0) is 14.8. The number of benzene rings is 1. The zero-order valence-corrected chi connectivity index (χ0v) is 12.1. The van der Waals surface area contributed by atoms with Crippen molar-refractivity contribution in [2.24, 2.45) is 0 Å². The third-order valence-electron chi connectivity index (χ3n) is 3.80. The molecule has 2 aromatic rings. The summed E-state index contributed by atoms with van der Waals surface area (Å²) in [6, 6.07) is 7.77. The van der Waals surface area contributed by atoms with Crippen molar-refractivity contribution < 1.29 is 9.21 Å². The van der Waals surface area contributed by atoms with E-state index in [1.165, 1.54) is 0 Å². The third-order valence-corrected chi connectivity index (χ3v) is 3.80. The highest BCUT2D eigenvalue weighted by Crippen LogP contribution is 2.33. The lowest BCUT2D eigenvalue weighted by atomic mass is 10.0. The maximum absolute atomic E-state index is 11.4. The Kier molecular flexibility index (Phi) is 3.56. The van der Waals surface area contributed by atoms with Crippen molar-refractivity contribution in [1.82, 2.24) is 0 Å². The molecule has 0 aliphatic carbocycles. The fourth-order valence-electron chi connectivity index (χ4n) is 2.66. The molecule has 0 radical (unpaired) electrons. The molecule has 110 valence electrons. The predicted molar refractivity (Wildman–Crippen MR) is 83.2 cm³/mol. The minimum absolute atomic E-state index is 0.0533. The second-order valence-electron chi connectivity index (χ2n) is 5.21. The minimum atomic E-state index is 0.0533. The van der Waals surface area contributed by atoms with E-state index in [-0.39, 0.29) is 5.91 Å². The van der Waals surface area contributed by atoms with E-state index in [0.717, 1.165) is 35.7 Å². The summed E-state index contributed by atoms with van der Waals surface area (Å²) in [5, 5.41) is 2.87. The highest BCUT2D eigenvalue weighted by molar-refractivity contribution is 5.95. The first kappa shape index (κ1) is 13.5. The summed E-state index contributed by atoms with van der Waals surface area (Å²) >= 11 is 0. The van der Waals surface area contributed by atoms with Crippen molar-refractivity contribution in [2.75, 3.05) is 22.5 Å². The average Bonchev–Trinajstić information content (AvgIpc) is 2.97. The van der Waals surface area contributed by atoms with Crippen LogP contribution in [0, 0.1) is 0 Å². The highest BCUT2D eigenvalue weighted by atomic mass is 16.3. The molecule has 0 spiro atoms. The number of hydrogen-bond donors (Lipinski definition) is 2. The van der Waals surface area contributed by atoms with Crippen molar-refractivity contribution in [1.29, 1.82) is 0 Å². The van der Waals surface area contributed by atoms with Crippen LogP contribution in [0.5, 0.6) is 0 Å². The van der Waals surface area contributed by atoms with Crippen LogP contribution >= 0.6 is 0 Å². The van der Waals surface area contributed by atoms with Crippen LogP contribution in [0.25, 0.3) is 0 Å². The molecule has 1 aromatic carbocycles. The quantitative estimate of drug-likeness (QED) is 0.847. The topological polar surface area (TPSA) is 71.5 Å². The molecule has 1 aromatic heterocycles. The van der Waals surface area contributed by atoms with E-state index in [1.54, 1.807) is 6.26 Å². The molecule has 0 bridgehead atoms. The number of fused-ring (bicyclic) bond motifs is 1. The number of furan rings is 1. The van der Waals surface area contributed by atoms with Gasteiger partial charge in [-0.1, -0.05) is 0 Å². The molecule has 5 nitrogen and oxygen atoms in total. The number of amides is 1. The number of nitrogens with zero attached hydrogens (tertiary/aromatic N) is 1. The average molecular weight is 285 g/mol. The van der Waals surface area contributed by atoms with Crippen LogP contribution in [0.2, 0.25) is 0 Å². The summed E-state index contributed by atoms with van der Waals surface area (Å²) < 4.78 is 5.41. The largest absolute Gasteiger partial charge is 0.467 e. The molecule has 0 atom stereocenters. The monoisotopic (exact) mass is 285 g/mol. The highest BCUT2D eigenvalue weighted by Gasteiger charge is 2.19. The first-order chi connectivity index (χ1) is 10.2. The van der Waals surface area contributed by atoms with Gasteiger partial charge < -0.3 is 20.4 Å². The standard InChI is InChI=1S/C16H19N3O2/c1-2-19(10-12-4-3-7-21-12)15-8-11-5-6-16(20)18-14(11)9-13(15)17/h3-4,7-9H,2,5-6,10,17H2,1H3,(H,18,20). The van der Waals surface area contributed by atoms with Gasteiger partial charge in [0.15, 0.2) is 0 Å². The fourth-order valence-corrected chi connectivity index (χ4v) is 2.66. The Hall–Kier alpha value is -2.43. The van der Waals surface area contributed by atoms with Crippen LogP contribution in [-0.2, 0) is 17.8 Å². The van der Waals surface area contributed by atoms with Crippen LogP contribution in [0.4, 0.5) is 17.1 Å². The molecular weight excluding hydrogens is 266 g/mol. The van der Waals surface area contributed by atoms with Crippen LogP contribution in [-0.4, -0.2) is 12.5 Å². The molecule has 1 amide bonds. The van der Waals surface area contributed by atoms with Gasteiger partial charge in [0.05, 0.1) is 24.2 Å². The van der Waals surface area contributed by atoms with Gasteiger partial charge >= 0.3 is 0 Å². The Labute approximate surface area is 123 Å². The predicted octanol–water partition coefficient (Wildman–Crippen LogP) is 2.77. The Morgan fingerprint density at radius 1 is 1.38 bits per heavy atom. The van der Waals surface area contributed by atoms with E-state index in [4.69, 9.17) is 10.2 Å². The van der Waals surface area contributed by atoms with Gasteiger partial charge in [0.2, 0.25) is 5.91 Å². The van der Waals surface area contributed by atoms with Crippen LogP contribution in [0.1, 0.15) is 24.7 Å². The van der Waals surface area contributed by atoms with Crippen molar-refractivity contribution >= 4 is 23.0 Å². The lowest BCUT2D eigenvalue weighted by Crippen LogP contribution is -2.24. The Morgan fingerprint density at radius 3 is 2.95 bits per heavy atom. The number of nitrogens with two attached hydrogens (primary N) is 1. The Bertz CT molecular complexity index is 650. The number of rotatable bonds is 4. The molecule has 0 unspecified atom stereocenters. The minimum Gasteiger partial charge on any atom is -0.467 e. The molecule has 5 heteroatoms. The van der Waals surface area contributed by atoms with E-state index in [2.05, 4.69) is 23.2 Å². The van der Waals surface area contributed by atoms with Crippen molar-refractivity contribution in [3.8, 4) is 0 Å². The van der Waals surface area contributed by atoms with Gasteiger partial charge in [0, 0.05) is 18.7 Å². The van der Waals surface area contributed by atoms with Crippen LogP contribution in [0.3, 0.4) is 0 Å². The summed E-state index contributed by atoms with van der Waals surface area (Å²) in [4.78, 5) is 13.6. The number of nitrogen functional groups attached to an aromatic ring is 1. The van der Waals surface area contributed by atoms with Gasteiger partial charge in [-0.3, -0.25) is 4.79 Å². The van der Waals surface area contributed by atoms with Gasteiger partial charge in [0.25, 0.3) is 0 Å². The first-order valence-corrected chi connectivity index (χ1v) is 7.17. The molecular formula is C16H19N3O2. The molecule has 21 heavy (non-hydrogen) atoms. The lowest BCUT2D eigenvalue weighted by molar-refractivity contribution is -0.116. The van der Waals surface area contributed by atoms with E-state index in [0.29, 0.717) is 18.7 Å². The van der Waals surface area contributed by atoms with E-state index >= 15 is 0 Å². The molecule has 0 fully saturated rings. The van der Waals surface area contributed by atoms with E-state index in [9.17, 15) is 4.79 Å². The summed E-state index contributed by atoms with van der Waals surface area (Å²) in [6.07, 6.45) is 2.96. The summed E-state index contributed by atoms with van der Waals surface area (Å²) in [7, 11) is 0. The summed E-state index contributed by atoms with van der Waals surface area (Å²) in [5.41, 5.74) is 9.80. The number of hydrogen-bond acceptors (Lipinski definition) is 4. The number of anilines is 3. The second kappa shape index (κ2) is 5.52. The van der Waals surface area contributed by atoms with Gasteiger partial charge in [-0.2, -0.15) is 0 Å². The van der Waals surface area contributed by atoms with Crippen molar-refractivity contribution in [3.63, 3.8) is 0 Å². The smallest absolute Gasteiger partial charge is 0.224 e. The van der Waals surface area contributed by atoms with Crippen molar-refractivity contribution in [2.45, 2.75) is 26.3 Å². The first-order valence-electron chi connectivity index (χ1n) is 7.17. The maximum atomic E-state index is 11.4. The number of nitrogens with one attached hydrogen (secondary N) is 1. The fraction of sp³-hybridized carbons (Fsp3) is 0.312. The van der Waals surface area contributed by atoms with E-state index in [1.807, 2.05) is 18.2 Å². The second-order valence-corrected chi connectivity index (χ2v) is 5.21. The van der Waals surface area contributed by atoms with Gasteiger partial charge in [-0.15, -0.1) is 0 Å². The summed E-state index contributed by atoms with van der Waals surface area (Å²) in [6.45, 7) is 3.60. The van der Waals surface area contributed by atoms with E-state index < -0.39 is 0 Å².